The molecule has 6 heteroatoms. The fourth-order valence-electron chi connectivity index (χ4n) is 4.62. The number of furan rings is 1. The van der Waals surface area contributed by atoms with Crippen LogP contribution in [0.25, 0.3) is 0 Å². The second-order valence-corrected chi connectivity index (χ2v) is 7.73. The summed E-state index contributed by atoms with van der Waals surface area (Å²) in [5.41, 5.74) is 1.32. The molecule has 2 bridgehead atoms. The summed E-state index contributed by atoms with van der Waals surface area (Å²) in [4.78, 5) is 24.3. The summed E-state index contributed by atoms with van der Waals surface area (Å²) in [5.74, 6) is 2.21. The summed E-state index contributed by atoms with van der Waals surface area (Å²) in [6, 6.07) is 10.3. The van der Waals surface area contributed by atoms with Crippen LogP contribution < -0.4 is 16.0 Å². The van der Waals surface area contributed by atoms with Gasteiger partial charge >= 0.3 is 6.03 Å². The average Bonchev–Trinajstić information content (AvgIpc) is 3.41. The van der Waals surface area contributed by atoms with Crippen molar-refractivity contribution < 1.29 is 14.0 Å². The van der Waals surface area contributed by atoms with Gasteiger partial charge in [0.15, 0.2) is 5.76 Å². The van der Waals surface area contributed by atoms with E-state index in [9.17, 15) is 9.59 Å². The molecule has 0 radical (unpaired) electrons. The molecule has 4 atom stereocenters. The van der Waals surface area contributed by atoms with Gasteiger partial charge in [0.2, 0.25) is 0 Å². The topological polar surface area (TPSA) is 83.4 Å². The fraction of sp³-hybridized carbons (Fsp3) is 0.429. The fourth-order valence-corrected chi connectivity index (χ4v) is 4.62. The number of anilines is 2. The minimum atomic E-state index is -0.307. The predicted octanol–water partition coefficient (Wildman–Crippen LogP) is 4.48. The van der Waals surface area contributed by atoms with E-state index in [0.29, 0.717) is 17.3 Å². The first-order valence-electron chi connectivity index (χ1n) is 9.61. The quantitative estimate of drug-likeness (QED) is 0.729. The van der Waals surface area contributed by atoms with Crippen LogP contribution in [0.3, 0.4) is 0 Å². The van der Waals surface area contributed by atoms with Crippen LogP contribution in [0.15, 0.2) is 47.1 Å². The Bertz CT molecular complexity index is 801. The van der Waals surface area contributed by atoms with Gasteiger partial charge in [0.25, 0.3) is 5.91 Å². The van der Waals surface area contributed by atoms with Crippen molar-refractivity contribution in [3.8, 4) is 0 Å². The summed E-state index contributed by atoms with van der Waals surface area (Å²) >= 11 is 0. The molecule has 4 rings (SSSR count). The first kappa shape index (κ1) is 17.6. The number of rotatable bonds is 5. The molecule has 2 aliphatic carbocycles. The standard InChI is InChI=1S/C21H25N3O3/c1-13(18-12-14-4-5-15(18)11-14)22-21(26)24-17-8-6-16(7-9-17)23-20(25)19-3-2-10-27-19/h2-3,6-10,13-15,18H,4-5,11-12H2,1H3,(H,23,25)(H2,22,24,26). The Hall–Kier alpha value is -2.76. The molecule has 0 aliphatic heterocycles. The van der Waals surface area contributed by atoms with Crippen molar-refractivity contribution in [2.24, 2.45) is 17.8 Å². The Kier molecular flexibility index (Phi) is 4.88. The minimum absolute atomic E-state index is 0.183. The SMILES string of the molecule is CC(NC(=O)Nc1ccc(NC(=O)c2ccco2)cc1)C1CC2CCC1C2. The minimum Gasteiger partial charge on any atom is -0.459 e. The number of nitrogens with one attached hydrogen (secondary N) is 3. The Morgan fingerprint density at radius 2 is 1.78 bits per heavy atom. The first-order valence-corrected chi connectivity index (χ1v) is 9.61. The lowest BCUT2D eigenvalue weighted by Gasteiger charge is -2.28. The zero-order valence-electron chi connectivity index (χ0n) is 15.4. The van der Waals surface area contributed by atoms with Gasteiger partial charge in [0, 0.05) is 17.4 Å². The number of hydrogen-bond acceptors (Lipinski definition) is 3. The van der Waals surface area contributed by atoms with E-state index in [4.69, 9.17) is 4.42 Å². The predicted molar refractivity (Wildman–Crippen MR) is 104 cm³/mol. The molecule has 1 heterocycles. The summed E-state index contributed by atoms with van der Waals surface area (Å²) in [7, 11) is 0. The third-order valence-corrected chi connectivity index (χ3v) is 5.94. The number of hydrogen-bond donors (Lipinski definition) is 3. The summed E-state index contributed by atoms with van der Waals surface area (Å²) in [6.07, 6.45) is 6.72. The number of carbonyl (C=O) groups is 2. The third-order valence-electron chi connectivity index (χ3n) is 5.94. The maximum atomic E-state index is 12.3. The van der Waals surface area contributed by atoms with Gasteiger partial charge in [0.1, 0.15) is 0 Å². The van der Waals surface area contributed by atoms with Crippen LogP contribution in [0.2, 0.25) is 0 Å². The normalized spacial score (nSPS) is 24.4. The van der Waals surface area contributed by atoms with Crippen LogP contribution in [-0.4, -0.2) is 18.0 Å². The highest BCUT2D eigenvalue weighted by Crippen LogP contribution is 2.49. The molecule has 2 fully saturated rings. The number of benzene rings is 1. The molecule has 3 amide bonds. The molecular formula is C21H25N3O3. The summed E-state index contributed by atoms with van der Waals surface area (Å²) < 4.78 is 5.06. The zero-order valence-corrected chi connectivity index (χ0v) is 15.4. The molecule has 0 saturated heterocycles. The molecular weight excluding hydrogens is 342 g/mol. The maximum absolute atomic E-state index is 12.3. The molecule has 2 aromatic rings. The van der Waals surface area contributed by atoms with Crippen LogP contribution in [0.5, 0.6) is 0 Å². The Labute approximate surface area is 158 Å². The van der Waals surface area contributed by atoms with Crippen molar-refractivity contribution in [3.63, 3.8) is 0 Å². The number of carbonyl (C=O) groups excluding carboxylic acids is 2. The van der Waals surface area contributed by atoms with E-state index in [1.54, 1.807) is 36.4 Å². The van der Waals surface area contributed by atoms with Crippen molar-refractivity contribution in [2.75, 3.05) is 10.6 Å². The number of urea groups is 1. The Morgan fingerprint density at radius 1 is 1.04 bits per heavy atom. The van der Waals surface area contributed by atoms with Crippen LogP contribution in [-0.2, 0) is 0 Å². The van der Waals surface area contributed by atoms with Gasteiger partial charge in [-0.3, -0.25) is 4.79 Å². The average molecular weight is 367 g/mol. The maximum Gasteiger partial charge on any atom is 0.319 e. The van der Waals surface area contributed by atoms with E-state index >= 15 is 0 Å². The van der Waals surface area contributed by atoms with Crippen LogP contribution in [0.1, 0.15) is 43.2 Å². The molecule has 27 heavy (non-hydrogen) atoms. The van der Waals surface area contributed by atoms with E-state index < -0.39 is 0 Å². The van der Waals surface area contributed by atoms with Gasteiger partial charge in [0.05, 0.1) is 6.26 Å². The number of fused-ring (bicyclic) bond motifs is 2. The van der Waals surface area contributed by atoms with Crippen molar-refractivity contribution >= 4 is 23.3 Å². The van der Waals surface area contributed by atoms with Gasteiger partial charge in [-0.15, -0.1) is 0 Å². The molecule has 142 valence electrons. The van der Waals surface area contributed by atoms with Crippen LogP contribution >= 0.6 is 0 Å². The summed E-state index contributed by atoms with van der Waals surface area (Å²) in [6.45, 7) is 2.11. The first-order chi connectivity index (χ1) is 13.1. The molecule has 4 unspecified atom stereocenters. The van der Waals surface area contributed by atoms with Gasteiger partial charge < -0.3 is 20.4 Å². The Balaban J connectivity index is 1.27. The van der Waals surface area contributed by atoms with Crippen molar-refractivity contribution in [3.05, 3.63) is 48.4 Å². The lowest BCUT2D eigenvalue weighted by Crippen LogP contribution is -2.42. The molecule has 3 N–H and O–H groups in total. The molecule has 6 nitrogen and oxygen atoms in total. The molecule has 1 aromatic carbocycles. The van der Waals surface area contributed by atoms with Crippen molar-refractivity contribution in [1.29, 1.82) is 0 Å². The van der Waals surface area contributed by atoms with E-state index in [-0.39, 0.29) is 23.7 Å². The zero-order chi connectivity index (χ0) is 18.8. The highest BCUT2D eigenvalue weighted by molar-refractivity contribution is 6.02. The van der Waals surface area contributed by atoms with Crippen LogP contribution in [0.4, 0.5) is 16.2 Å². The molecule has 1 aromatic heterocycles. The molecule has 0 spiro atoms. The smallest absolute Gasteiger partial charge is 0.319 e. The summed E-state index contributed by atoms with van der Waals surface area (Å²) in [5, 5.41) is 8.70. The highest BCUT2D eigenvalue weighted by Gasteiger charge is 2.42. The van der Waals surface area contributed by atoms with E-state index in [2.05, 4.69) is 22.9 Å². The van der Waals surface area contributed by atoms with E-state index in [1.165, 1.54) is 31.9 Å². The number of amides is 3. The molecule has 2 aliphatic rings. The van der Waals surface area contributed by atoms with Crippen molar-refractivity contribution in [2.45, 2.75) is 38.6 Å². The van der Waals surface area contributed by atoms with Crippen LogP contribution in [0, 0.1) is 17.8 Å². The lowest BCUT2D eigenvalue weighted by molar-refractivity contribution is 0.0996. The largest absolute Gasteiger partial charge is 0.459 e. The van der Waals surface area contributed by atoms with E-state index in [1.807, 2.05) is 0 Å². The third kappa shape index (κ3) is 3.99. The monoisotopic (exact) mass is 367 g/mol. The second-order valence-electron chi connectivity index (χ2n) is 7.73. The Morgan fingerprint density at radius 3 is 2.37 bits per heavy atom. The van der Waals surface area contributed by atoms with Gasteiger partial charge in [-0.05, 0) is 80.3 Å². The van der Waals surface area contributed by atoms with Crippen molar-refractivity contribution in [1.82, 2.24) is 5.32 Å². The second kappa shape index (κ2) is 7.47. The van der Waals surface area contributed by atoms with Gasteiger partial charge in [-0.2, -0.15) is 0 Å². The van der Waals surface area contributed by atoms with Gasteiger partial charge in [-0.25, -0.2) is 4.79 Å². The van der Waals surface area contributed by atoms with Gasteiger partial charge in [-0.1, -0.05) is 6.42 Å². The molecule has 2 saturated carbocycles. The lowest BCUT2D eigenvalue weighted by atomic mass is 9.84. The highest BCUT2D eigenvalue weighted by atomic mass is 16.3. The van der Waals surface area contributed by atoms with E-state index in [0.717, 1.165) is 11.8 Å².